The minimum Gasteiger partial charge on any atom is -0.456 e. The molecule has 45 heavy (non-hydrogen) atoms. The van der Waals surface area contributed by atoms with Gasteiger partial charge in [0.2, 0.25) is 0 Å². The van der Waals surface area contributed by atoms with Crippen LogP contribution in [0.5, 0.6) is 0 Å². The van der Waals surface area contributed by atoms with Gasteiger partial charge in [-0.25, -0.2) is 0 Å². The first-order valence-corrected chi connectivity index (χ1v) is 14.1. The summed E-state index contributed by atoms with van der Waals surface area (Å²) < 4.78 is 166. The van der Waals surface area contributed by atoms with E-state index in [9.17, 15) is 5.48 Å². The van der Waals surface area contributed by atoms with E-state index >= 15 is 0 Å². The maximum Gasteiger partial charge on any atom is 0.136 e. The molecule has 0 saturated carbocycles. The molecular weight excluding hydrogens is 544 g/mol. The highest BCUT2D eigenvalue weighted by molar-refractivity contribution is 6.27. The van der Waals surface area contributed by atoms with Crippen molar-refractivity contribution in [3.8, 4) is 22.3 Å². The van der Waals surface area contributed by atoms with Crippen LogP contribution in [0.15, 0.2) is 150 Å². The molecule has 0 radical (unpaired) electrons. The second-order valence-electron chi connectivity index (χ2n) is 11.0. The minimum absolute atomic E-state index is 0.00169. The fourth-order valence-electron chi connectivity index (χ4n) is 6.65. The average molecular weight is 587 g/mol. The summed E-state index contributed by atoms with van der Waals surface area (Å²) in [5.74, 6) is 0. The maximum absolute atomic E-state index is 9.19. The average Bonchev–Trinajstić information content (AvgIpc) is 3.62. The SMILES string of the molecule is [2H]c1c([2H])c2c([2H])c([2H])c3c([2H])c([2H])c(-c4ccc5c(c4)oc4cc(-c6c([2H])c([2H])c7c([2H])c([2H])c8c([2H])c([2H])c([2H])c9c([2H])c([2H])c6c7c89)ccc45)c4c([2H])c([2H])c(c1[2H])c2c34. The summed E-state index contributed by atoms with van der Waals surface area (Å²) in [4.78, 5) is 0. The molecule has 0 aliphatic carbocycles. The fraction of sp³-hybridized carbons (Fsp3) is 0. The van der Waals surface area contributed by atoms with Gasteiger partial charge in [-0.05, 0) is 111 Å². The molecule has 0 bridgehead atoms. The van der Waals surface area contributed by atoms with Crippen molar-refractivity contribution >= 4 is 86.6 Å². The lowest BCUT2D eigenvalue weighted by Gasteiger charge is -2.14. The molecule has 0 spiro atoms. The van der Waals surface area contributed by atoms with Crippen molar-refractivity contribution in [1.29, 1.82) is 0 Å². The van der Waals surface area contributed by atoms with Crippen LogP contribution < -0.4 is 0 Å². The Morgan fingerprint density at radius 3 is 1.18 bits per heavy atom. The molecule has 1 heteroatoms. The predicted molar refractivity (Wildman–Crippen MR) is 192 cm³/mol. The molecule has 11 rings (SSSR count). The molecule has 0 atom stereocenters. The maximum atomic E-state index is 9.19. The third-order valence-corrected chi connectivity index (χ3v) is 8.68. The summed E-state index contributed by atoms with van der Waals surface area (Å²) in [6.07, 6.45) is 0. The lowest BCUT2D eigenvalue weighted by molar-refractivity contribution is 0.669. The number of hydrogen-bond acceptors (Lipinski definition) is 1. The van der Waals surface area contributed by atoms with Gasteiger partial charge in [0.1, 0.15) is 11.2 Å². The number of furan rings is 1. The van der Waals surface area contributed by atoms with E-state index in [1.165, 1.54) is 0 Å². The molecular formula is C44H24O. The van der Waals surface area contributed by atoms with Gasteiger partial charge in [0, 0.05) is 10.8 Å². The van der Waals surface area contributed by atoms with Crippen LogP contribution in [-0.4, -0.2) is 0 Å². The highest BCUT2D eigenvalue weighted by Gasteiger charge is 2.16. The van der Waals surface area contributed by atoms with E-state index in [1.54, 1.807) is 36.4 Å². The number of hydrogen-bond donors (Lipinski definition) is 0. The largest absolute Gasteiger partial charge is 0.456 e. The van der Waals surface area contributed by atoms with Crippen LogP contribution in [0.1, 0.15) is 24.7 Å². The van der Waals surface area contributed by atoms with Gasteiger partial charge in [-0.1, -0.05) is 121 Å². The number of benzene rings is 10. The molecule has 0 fully saturated rings. The quantitative estimate of drug-likeness (QED) is 0.184. The molecule has 0 amide bonds. The molecule has 0 unspecified atom stereocenters. The van der Waals surface area contributed by atoms with Crippen LogP contribution >= 0.6 is 0 Å². The highest BCUT2D eigenvalue weighted by atomic mass is 16.3. The summed E-state index contributed by atoms with van der Waals surface area (Å²) in [5, 5.41) is 0.467. The van der Waals surface area contributed by atoms with Crippen LogP contribution in [-0.2, 0) is 0 Å². The summed E-state index contributed by atoms with van der Waals surface area (Å²) in [7, 11) is 0. The predicted octanol–water partition coefficient (Wildman–Crippen LogP) is 12.7. The molecule has 0 aliphatic rings. The van der Waals surface area contributed by atoms with E-state index in [1.807, 2.05) is 0 Å². The van der Waals surface area contributed by atoms with Crippen molar-refractivity contribution in [3.63, 3.8) is 0 Å². The van der Waals surface area contributed by atoms with Gasteiger partial charge in [0.15, 0.2) is 0 Å². The molecule has 0 aliphatic heterocycles. The van der Waals surface area contributed by atoms with Crippen molar-refractivity contribution in [2.75, 3.05) is 0 Å². The van der Waals surface area contributed by atoms with Crippen LogP contribution in [0.3, 0.4) is 0 Å². The van der Waals surface area contributed by atoms with E-state index < -0.39 is 109 Å². The first kappa shape index (κ1) is 12.6. The van der Waals surface area contributed by atoms with Crippen molar-refractivity contribution in [2.45, 2.75) is 0 Å². The van der Waals surface area contributed by atoms with E-state index in [2.05, 4.69) is 0 Å². The van der Waals surface area contributed by atoms with Crippen LogP contribution in [0.4, 0.5) is 0 Å². The highest BCUT2D eigenvalue weighted by Crippen LogP contribution is 2.43. The smallest absolute Gasteiger partial charge is 0.136 e. The summed E-state index contributed by atoms with van der Waals surface area (Å²) in [6, 6.07) is 1.34. The summed E-state index contributed by atoms with van der Waals surface area (Å²) >= 11 is 0. The van der Waals surface area contributed by atoms with Gasteiger partial charge < -0.3 is 4.42 Å². The normalized spacial score (nSPS) is 18.0. The Hall–Kier alpha value is -5.92. The van der Waals surface area contributed by atoms with Crippen LogP contribution in [0.25, 0.3) is 109 Å². The Bertz CT molecular complexity index is 3700. The zero-order chi connectivity index (χ0) is 44.9. The minimum atomic E-state index is -0.564. The Balaban J connectivity index is 1.19. The molecule has 0 N–H and O–H groups in total. The molecule has 1 nitrogen and oxygen atoms in total. The Kier molecular flexibility index (Phi) is 2.34. The van der Waals surface area contributed by atoms with E-state index in [0.29, 0.717) is 21.9 Å². The second kappa shape index (κ2) is 8.37. The van der Waals surface area contributed by atoms with E-state index in [-0.39, 0.29) is 86.9 Å². The molecule has 10 aromatic carbocycles. The fourth-order valence-corrected chi connectivity index (χ4v) is 6.65. The van der Waals surface area contributed by atoms with Gasteiger partial charge in [0.05, 0.1) is 24.7 Å². The Morgan fingerprint density at radius 2 is 0.733 bits per heavy atom. The summed E-state index contributed by atoms with van der Waals surface area (Å²) in [6.45, 7) is 0. The van der Waals surface area contributed by atoms with Crippen molar-refractivity contribution in [2.24, 2.45) is 0 Å². The Labute approximate surface area is 283 Å². The molecule has 11 aromatic rings. The van der Waals surface area contributed by atoms with Gasteiger partial charge in [-0.15, -0.1) is 0 Å². The van der Waals surface area contributed by atoms with Gasteiger partial charge in [-0.3, -0.25) is 0 Å². The van der Waals surface area contributed by atoms with Gasteiger partial charge in [-0.2, -0.15) is 0 Å². The third-order valence-electron chi connectivity index (χ3n) is 8.68. The van der Waals surface area contributed by atoms with E-state index in [0.717, 1.165) is 0 Å². The van der Waals surface area contributed by atoms with Crippen LogP contribution in [0, 0.1) is 0 Å². The zero-order valence-corrected chi connectivity index (χ0v) is 22.9. The number of fused-ring (bicyclic) bond motifs is 3. The van der Waals surface area contributed by atoms with Crippen molar-refractivity contribution < 1.29 is 29.1 Å². The molecule has 0 saturated heterocycles. The van der Waals surface area contributed by atoms with Gasteiger partial charge >= 0.3 is 0 Å². The third kappa shape index (κ3) is 3.12. The van der Waals surface area contributed by atoms with Crippen LogP contribution in [0.2, 0.25) is 0 Å². The topological polar surface area (TPSA) is 13.1 Å². The van der Waals surface area contributed by atoms with E-state index in [4.69, 9.17) is 23.6 Å². The monoisotopic (exact) mass is 586 g/mol. The lowest BCUT2D eigenvalue weighted by Crippen LogP contribution is -1.87. The molecule has 206 valence electrons. The van der Waals surface area contributed by atoms with Crippen molar-refractivity contribution in [1.82, 2.24) is 0 Å². The standard InChI is InChI=1S/C44H24O/c1-3-25-7-9-29-11-17-33(37-21-13-27(5-1)41(25)43(29)37)31-15-19-35-36-20-16-32(24-40(36)45-39(35)23-31)34-18-12-30-10-8-26-4-2-6-28-14-22-38(34)44(30)42(26)28/h1-24H/i1D,2D,3D,4D,5D,6D,7D,8D,9D,10D,11D,12D,13D,14D,17D,18D,21D,22D. The molecule has 1 heterocycles. The van der Waals surface area contributed by atoms with Gasteiger partial charge in [0.25, 0.3) is 0 Å². The first-order chi connectivity index (χ1) is 29.8. The number of rotatable bonds is 2. The lowest BCUT2D eigenvalue weighted by atomic mass is 9.89. The molecule has 1 aromatic heterocycles. The second-order valence-corrected chi connectivity index (χ2v) is 11.0. The first-order valence-electron chi connectivity index (χ1n) is 23.1. The Morgan fingerprint density at radius 1 is 0.356 bits per heavy atom. The van der Waals surface area contributed by atoms with Crippen molar-refractivity contribution in [3.05, 3.63) is 145 Å². The summed E-state index contributed by atoms with van der Waals surface area (Å²) in [5.41, 5.74) is 1.23. The zero-order valence-electron chi connectivity index (χ0n) is 40.9.